The molecule has 1 saturated heterocycles. The predicted molar refractivity (Wildman–Crippen MR) is 84.9 cm³/mol. The molecule has 2 heterocycles. The Labute approximate surface area is 120 Å². The summed E-state index contributed by atoms with van der Waals surface area (Å²) in [4.78, 5) is 2.56. The molecule has 0 aromatic heterocycles. The zero-order valence-electron chi connectivity index (χ0n) is 12.0. The highest BCUT2D eigenvalue weighted by atomic mass is 15.2. The largest absolute Gasteiger partial charge is 0.297 e. The Hall–Kier alpha value is -1.60. The molecule has 1 heteroatoms. The van der Waals surface area contributed by atoms with Gasteiger partial charge in [0.1, 0.15) is 0 Å². The quantitative estimate of drug-likeness (QED) is 0.735. The highest BCUT2D eigenvalue weighted by Crippen LogP contribution is 2.34. The Morgan fingerprint density at radius 1 is 1.05 bits per heavy atom. The van der Waals surface area contributed by atoms with Crippen LogP contribution in [0.4, 0.5) is 0 Å². The SMILES string of the molecule is CN1C2C=C(Cc3ccc4ccccc4c3)CC1CC2. The van der Waals surface area contributed by atoms with E-state index in [1.807, 2.05) is 0 Å². The summed E-state index contributed by atoms with van der Waals surface area (Å²) in [6.07, 6.45) is 7.64. The molecule has 2 bridgehead atoms. The van der Waals surface area contributed by atoms with Gasteiger partial charge in [0.2, 0.25) is 0 Å². The summed E-state index contributed by atoms with van der Waals surface area (Å²) in [7, 11) is 2.28. The molecule has 0 amide bonds. The van der Waals surface area contributed by atoms with Gasteiger partial charge in [0.05, 0.1) is 0 Å². The van der Waals surface area contributed by atoms with E-state index in [9.17, 15) is 0 Å². The van der Waals surface area contributed by atoms with Crippen molar-refractivity contribution in [3.05, 3.63) is 59.7 Å². The Morgan fingerprint density at radius 3 is 2.75 bits per heavy atom. The summed E-state index contributed by atoms with van der Waals surface area (Å²) >= 11 is 0. The maximum atomic E-state index is 2.56. The third-order valence-corrected chi connectivity index (χ3v) is 5.07. The van der Waals surface area contributed by atoms with E-state index in [-0.39, 0.29) is 0 Å². The van der Waals surface area contributed by atoms with Crippen molar-refractivity contribution in [3.63, 3.8) is 0 Å². The molecule has 2 aromatic carbocycles. The van der Waals surface area contributed by atoms with Gasteiger partial charge in [-0.15, -0.1) is 0 Å². The fraction of sp³-hybridized carbons (Fsp3) is 0.368. The minimum Gasteiger partial charge on any atom is -0.297 e. The smallest absolute Gasteiger partial charge is 0.0281 e. The lowest BCUT2D eigenvalue weighted by Crippen LogP contribution is -2.35. The summed E-state index contributed by atoms with van der Waals surface area (Å²) in [5, 5.41) is 2.70. The second kappa shape index (κ2) is 4.75. The average molecular weight is 263 g/mol. The van der Waals surface area contributed by atoms with E-state index < -0.39 is 0 Å². The van der Waals surface area contributed by atoms with E-state index in [2.05, 4.69) is 60.5 Å². The molecule has 0 aliphatic carbocycles. The lowest BCUT2D eigenvalue weighted by molar-refractivity contribution is 0.253. The Bertz CT molecular complexity index is 670. The molecule has 102 valence electrons. The van der Waals surface area contributed by atoms with Crippen molar-refractivity contribution in [1.29, 1.82) is 0 Å². The standard InChI is InChI=1S/C19H21N/c1-20-18-8-9-19(20)13-15(12-18)10-14-6-7-16-4-2-3-5-17(16)11-14/h2-7,11-12,18-19H,8-10,13H2,1H3. The number of hydrogen-bond acceptors (Lipinski definition) is 1. The summed E-state index contributed by atoms with van der Waals surface area (Å²) in [5.74, 6) is 0. The maximum absolute atomic E-state index is 2.56. The molecule has 2 aliphatic rings. The third kappa shape index (κ3) is 2.06. The van der Waals surface area contributed by atoms with Crippen LogP contribution in [0.15, 0.2) is 54.1 Å². The number of benzene rings is 2. The van der Waals surface area contributed by atoms with Crippen LogP contribution in [-0.2, 0) is 6.42 Å². The van der Waals surface area contributed by atoms with Crippen LogP contribution < -0.4 is 0 Å². The van der Waals surface area contributed by atoms with Crippen molar-refractivity contribution in [1.82, 2.24) is 4.90 Å². The first-order valence-electron chi connectivity index (χ1n) is 7.69. The van der Waals surface area contributed by atoms with Gasteiger partial charge in [0, 0.05) is 12.1 Å². The van der Waals surface area contributed by atoms with E-state index in [1.54, 1.807) is 5.57 Å². The molecule has 0 saturated carbocycles. The van der Waals surface area contributed by atoms with Gasteiger partial charge in [0.25, 0.3) is 0 Å². The molecule has 1 fully saturated rings. The number of fused-ring (bicyclic) bond motifs is 3. The zero-order valence-corrected chi connectivity index (χ0v) is 12.0. The van der Waals surface area contributed by atoms with Crippen LogP contribution >= 0.6 is 0 Å². The maximum Gasteiger partial charge on any atom is 0.0281 e. The van der Waals surface area contributed by atoms with Crippen molar-refractivity contribution < 1.29 is 0 Å². The lowest BCUT2D eigenvalue weighted by Gasteiger charge is -2.30. The summed E-state index contributed by atoms with van der Waals surface area (Å²) in [6.45, 7) is 0. The summed E-state index contributed by atoms with van der Waals surface area (Å²) in [6, 6.07) is 17.0. The number of likely N-dealkylation sites (N-methyl/N-ethyl adjacent to an activating group) is 1. The van der Waals surface area contributed by atoms with Crippen molar-refractivity contribution >= 4 is 10.8 Å². The number of rotatable bonds is 2. The first-order chi connectivity index (χ1) is 9.79. The third-order valence-electron chi connectivity index (χ3n) is 5.07. The first-order valence-corrected chi connectivity index (χ1v) is 7.69. The van der Waals surface area contributed by atoms with Crippen LogP contribution in [0, 0.1) is 0 Å². The fourth-order valence-corrected chi connectivity index (χ4v) is 3.87. The van der Waals surface area contributed by atoms with Gasteiger partial charge in [-0.05, 0) is 49.1 Å². The summed E-state index contributed by atoms with van der Waals surface area (Å²) in [5.41, 5.74) is 3.10. The minimum absolute atomic E-state index is 0.698. The fourth-order valence-electron chi connectivity index (χ4n) is 3.87. The Morgan fingerprint density at radius 2 is 1.90 bits per heavy atom. The molecule has 0 spiro atoms. The topological polar surface area (TPSA) is 3.24 Å². The van der Waals surface area contributed by atoms with Gasteiger partial charge in [-0.25, -0.2) is 0 Å². The minimum atomic E-state index is 0.698. The normalized spacial score (nSPS) is 25.9. The van der Waals surface area contributed by atoms with Gasteiger partial charge in [-0.3, -0.25) is 4.90 Å². The highest BCUT2D eigenvalue weighted by Gasteiger charge is 2.33. The molecular formula is C19H21N. The lowest BCUT2D eigenvalue weighted by atomic mass is 9.94. The molecule has 2 unspecified atom stereocenters. The Balaban J connectivity index is 1.60. The second-order valence-electron chi connectivity index (χ2n) is 6.35. The predicted octanol–water partition coefficient (Wildman–Crippen LogP) is 4.18. The van der Waals surface area contributed by atoms with E-state index in [0.717, 1.165) is 12.5 Å². The molecule has 0 N–H and O–H groups in total. The van der Waals surface area contributed by atoms with Gasteiger partial charge in [-0.2, -0.15) is 0 Å². The van der Waals surface area contributed by atoms with Gasteiger partial charge >= 0.3 is 0 Å². The van der Waals surface area contributed by atoms with Crippen molar-refractivity contribution in [3.8, 4) is 0 Å². The van der Waals surface area contributed by atoms with Gasteiger partial charge < -0.3 is 0 Å². The van der Waals surface area contributed by atoms with Crippen molar-refractivity contribution in [2.24, 2.45) is 0 Å². The molecule has 1 nitrogen and oxygen atoms in total. The average Bonchev–Trinajstić information content (AvgIpc) is 2.70. The molecule has 20 heavy (non-hydrogen) atoms. The van der Waals surface area contributed by atoms with Crippen LogP contribution in [0.1, 0.15) is 24.8 Å². The Kier molecular flexibility index (Phi) is 2.89. The van der Waals surface area contributed by atoms with Crippen LogP contribution in [0.25, 0.3) is 10.8 Å². The zero-order chi connectivity index (χ0) is 13.5. The monoisotopic (exact) mass is 263 g/mol. The van der Waals surface area contributed by atoms with Crippen molar-refractivity contribution in [2.45, 2.75) is 37.8 Å². The van der Waals surface area contributed by atoms with Gasteiger partial charge in [-0.1, -0.05) is 54.1 Å². The molecule has 0 radical (unpaired) electrons. The van der Waals surface area contributed by atoms with E-state index in [0.29, 0.717) is 6.04 Å². The van der Waals surface area contributed by atoms with Crippen molar-refractivity contribution in [2.75, 3.05) is 7.05 Å². The van der Waals surface area contributed by atoms with E-state index >= 15 is 0 Å². The highest BCUT2D eigenvalue weighted by molar-refractivity contribution is 5.83. The molecule has 4 rings (SSSR count). The van der Waals surface area contributed by atoms with Crippen LogP contribution in [0.5, 0.6) is 0 Å². The number of hydrogen-bond donors (Lipinski definition) is 0. The molecule has 2 aliphatic heterocycles. The molecule has 2 aromatic rings. The van der Waals surface area contributed by atoms with Crippen LogP contribution in [0.3, 0.4) is 0 Å². The molecular weight excluding hydrogens is 242 g/mol. The first kappa shape index (κ1) is 12.2. The van der Waals surface area contributed by atoms with E-state index in [1.165, 1.54) is 35.6 Å². The van der Waals surface area contributed by atoms with Crippen LogP contribution in [0.2, 0.25) is 0 Å². The van der Waals surface area contributed by atoms with E-state index in [4.69, 9.17) is 0 Å². The molecule has 2 atom stereocenters. The van der Waals surface area contributed by atoms with Gasteiger partial charge in [0.15, 0.2) is 0 Å². The second-order valence-corrected chi connectivity index (χ2v) is 6.35. The summed E-state index contributed by atoms with van der Waals surface area (Å²) < 4.78 is 0. The van der Waals surface area contributed by atoms with Crippen LogP contribution in [-0.4, -0.2) is 24.0 Å². The number of nitrogens with zero attached hydrogens (tertiary/aromatic N) is 1.